The number of esters is 1. The molecule has 0 radical (unpaired) electrons. The highest BCUT2D eigenvalue weighted by molar-refractivity contribution is 5.77. The van der Waals surface area contributed by atoms with Gasteiger partial charge in [-0.1, -0.05) is 18.2 Å². The average Bonchev–Trinajstić information content (AvgIpc) is 2.96. The fourth-order valence-electron chi connectivity index (χ4n) is 4.72. The van der Waals surface area contributed by atoms with Crippen LogP contribution in [0.1, 0.15) is 19.8 Å². The molecule has 92 valence electrons. The van der Waals surface area contributed by atoms with Gasteiger partial charge < -0.3 is 4.74 Å². The lowest BCUT2D eigenvalue weighted by molar-refractivity contribution is -0.157. The van der Waals surface area contributed by atoms with Gasteiger partial charge in [-0.3, -0.25) is 4.79 Å². The third-order valence-electron chi connectivity index (χ3n) is 5.44. The van der Waals surface area contributed by atoms with Crippen LogP contribution in [0.5, 0.6) is 0 Å². The summed E-state index contributed by atoms with van der Waals surface area (Å²) in [5.41, 5.74) is -0.256. The van der Waals surface area contributed by atoms with Crippen LogP contribution in [0.2, 0.25) is 0 Å². The van der Waals surface area contributed by atoms with Crippen molar-refractivity contribution >= 4 is 5.97 Å². The molecule has 3 aliphatic rings. The van der Waals surface area contributed by atoms with E-state index in [-0.39, 0.29) is 11.4 Å². The summed E-state index contributed by atoms with van der Waals surface area (Å²) >= 11 is 0. The number of carbonyl (C=O) groups is 1. The van der Waals surface area contributed by atoms with Crippen molar-refractivity contribution in [1.29, 1.82) is 0 Å². The number of allylic oxidation sites excluding steroid dienone is 3. The molecule has 0 unspecified atom stereocenters. The van der Waals surface area contributed by atoms with Gasteiger partial charge in [0.1, 0.15) is 0 Å². The second kappa shape index (κ2) is 3.47. The van der Waals surface area contributed by atoms with Crippen molar-refractivity contribution in [3.8, 4) is 0 Å². The largest absolute Gasteiger partial charge is 0.469 e. The maximum atomic E-state index is 12.0. The van der Waals surface area contributed by atoms with Gasteiger partial charge in [0.25, 0.3) is 0 Å². The lowest BCUT2D eigenvalue weighted by Crippen LogP contribution is -2.41. The molecule has 0 amide bonds. The number of rotatable bonds is 2. The fourth-order valence-corrected chi connectivity index (χ4v) is 4.72. The van der Waals surface area contributed by atoms with Crippen LogP contribution in [-0.2, 0) is 9.53 Å². The molecule has 3 aliphatic carbocycles. The smallest absolute Gasteiger partial charge is 0.311 e. The first kappa shape index (κ1) is 11.1. The van der Waals surface area contributed by atoms with E-state index in [9.17, 15) is 4.79 Å². The number of hydrogen-bond acceptors (Lipinski definition) is 2. The second-order valence-electron chi connectivity index (χ2n) is 6.07. The van der Waals surface area contributed by atoms with Gasteiger partial charge in [-0.05, 0) is 49.4 Å². The zero-order valence-electron chi connectivity index (χ0n) is 10.6. The first-order valence-corrected chi connectivity index (χ1v) is 6.51. The molecule has 0 aromatic rings. The Morgan fingerprint density at radius 3 is 2.94 bits per heavy atom. The SMILES string of the molecule is C=C[C@@H]1C=C[C@@H]2[C@H]3C[C@@H]([C@@H]12)[C@@](C)(C(=O)OC)C3. The van der Waals surface area contributed by atoms with Crippen LogP contribution in [-0.4, -0.2) is 13.1 Å². The standard InChI is InChI=1S/C15H20O2/c1-4-9-5-6-11-10-7-12(13(9)11)15(2,8-10)14(16)17-3/h4-6,9-13H,1,7-8H2,2-3H3/t9-,10+,11-,12+,13+,15+/m1/s1. The summed E-state index contributed by atoms with van der Waals surface area (Å²) in [6.45, 7) is 6.03. The Morgan fingerprint density at radius 2 is 2.29 bits per heavy atom. The summed E-state index contributed by atoms with van der Waals surface area (Å²) < 4.78 is 5.02. The average molecular weight is 232 g/mol. The summed E-state index contributed by atoms with van der Waals surface area (Å²) in [6.07, 6.45) is 8.87. The van der Waals surface area contributed by atoms with Gasteiger partial charge in [-0.25, -0.2) is 0 Å². The minimum atomic E-state index is -0.256. The van der Waals surface area contributed by atoms with E-state index in [2.05, 4.69) is 25.7 Å². The molecule has 2 saturated carbocycles. The van der Waals surface area contributed by atoms with Gasteiger partial charge in [-0.15, -0.1) is 6.58 Å². The Hall–Kier alpha value is -1.05. The van der Waals surface area contributed by atoms with E-state index in [4.69, 9.17) is 4.74 Å². The maximum Gasteiger partial charge on any atom is 0.311 e. The molecule has 2 fully saturated rings. The van der Waals surface area contributed by atoms with Gasteiger partial charge in [0.15, 0.2) is 0 Å². The van der Waals surface area contributed by atoms with Crippen LogP contribution in [0.25, 0.3) is 0 Å². The van der Waals surface area contributed by atoms with Gasteiger partial charge in [0.05, 0.1) is 12.5 Å². The molecule has 0 aliphatic heterocycles. The normalized spacial score (nSPS) is 50.4. The van der Waals surface area contributed by atoms with Crippen LogP contribution in [0.4, 0.5) is 0 Å². The maximum absolute atomic E-state index is 12.0. The minimum Gasteiger partial charge on any atom is -0.469 e. The highest BCUT2D eigenvalue weighted by Gasteiger charge is 2.62. The van der Waals surface area contributed by atoms with Crippen LogP contribution in [0.3, 0.4) is 0 Å². The summed E-state index contributed by atoms with van der Waals surface area (Å²) in [7, 11) is 1.51. The summed E-state index contributed by atoms with van der Waals surface area (Å²) in [5.74, 6) is 2.87. The Morgan fingerprint density at radius 1 is 1.53 bits per heavy atom. The highest BCUT2D eigenvalue weighted by atomic mass is 16.5. The van der Waals surface area contributed by atoms with Crippen molar-refractivity contribution < 1.29 is 9.53 Å². The third kappa shape index (κ3) is 1.24. The minimum absolute atomic E-state index is 0.0156. The topological polar surface area (TPSA) is 26.3 Å². The van der Waals surface area contributed by atoms with E-state index in [0.29, 0.717) is 29.6 Å². The Kier molecular flexibility index (Phi) is 2.26. The molecule has 17 heavy (non-hydrogen) atoms. The monoisotopic (exact) mass is 232 g/mol. The van der Waals surface area contributed by atoms with E-state index in [1.165, 1.54) is 13.5 Å². The summed E-state index contributed by atoms with van der Waals surface area (Å²) in [6, 6.07) is 0. The Labute approximate surface area is 103 Å². The molecule has 0 heterocycles. The van der Waals surface area contributed by atoms with Crippen molar-refractivity contribution in [1.82, 2.24) is 0 Å². The van der Waals surface area contributed by atoms with E-state index in [1.54, 1.807) is 0 Å². The van der Waals surface area contributed by atoms with E-state index >= 15 is 0 Å². The highest BCUT2D eigenvalue weighted by Crippen LogP contribution is 2.65. The quantitative estimate of drug-likeness (QED) is 0.540. The molecule has 0 spiro atoms. The van der Waals surface area contributed by atoms with E-state index < -0.39 is 0 Å². The molecule has 6 atom stereocenters. The first-order valence-electron chi connectivity index (χ1n) is 6.51. The molecule has 2 nitrogen and oxygen atoms in total. The summed E-state index contributed by atoms with van der Waals surface area (Å²) in [4.78, 5) is 12.0. The molecular weight excluding hydrogens is 212 g/mol. The van der Waals surface area contributed by atoms with Gasteiger partial charge in [0.2, 0.25) is 0 Å². The van der Waals surface area contributed by atoms with Gasteiger partial charge >= 0.3 is 5.97 Å². The number of ether oxygens (including phenoxy) is 1. The first-order chi connectivity index (χ1) is 8.11. The molecular formula is C15H20O2. The third-order valence-corrected chi connectivity index (χ3v) is 5.44. The number of fused-ring (bicyclic) bond motifs is 5. The number of methoxy groups -OCH3 is 1. The van der Waals surface area contributed by atoms with Crippen molar-refractivity contribution in [2.75, 3.05) is 7.11 Å². The van der Waals surface area contributed by atoms with E-state index in [1.807, 2.05) is 6.08 Å². The molecule has 0 saturated heterocycles. The van der Waals surface area contributed by atoms with Gasteiger partial charge in [-0.2, -0.15) is 0 Å². The second-order valence-corrected chi connectivity index (χ2v) is 6.07. The van der Waals surface area contributed by atoms with Gasteiger partial charge in [0, 0.05) is 0 Å². The molecule has 2 bridgehead atoms. The molecule has 3 rings (SSSR count). The van der Waals surface area contributed by atoms with Crippen LogP contribution in [0, 0.1) is 35.0 Å². The molecule has 0 aromatic heterocycles. The Bertz CT molecular complexity index is 398. The zero-order chi connectivity index (χ0) is 12.2. The molecule has 0 N–H and O–H groups in total. The number of carbonyl (C=O) groups excluding carboxylic acids is 1. The van der Waals surface area contributed by atoms with Crippen molar-refractivity contribution in [2.45, 2.75) is 19.8 Å². The van der Waals surface area contributed by atoms with Crippen molar-refractivity contribution in [3.63, 3.8) is 0 Å². The molecule has 2 heteroatoms. The lowest BCUT2D eigenvalue weighted by Gasteiger charge is -2.39. The summed E-state index contributed by atoms with van der Waals surface area (Å²) in [5, 5.41) is 0. The van der Waals surface area contributed by atoms with Crippen LogP contribution >= 0.6 is 0 Å². The van der Waals surface area contributed by atoms with Crippen molar-refractivity contribution in [3.05, 3.63) is 24.8 Å². The number of hydrogen-bond donors (Lipinski definition) is 0. The predicted molar refractivity (Wildman–Crippen MR) is 66.1 cm³/mol. The lowest BCUT2D eigenvalue weighted by atomic mass is 9.64. The van der Waals surface area contributed by atoms with Crippen LogP contribution < -0.4 is 0 Å². The fraction of sp³-hybridized carbons (Fsp3) is 0.667. The molecule has 0 aromatic carbocycles. The zero-order valence-corrected chi connectivity index (χ0v) is 10.6. The van der Waals surface area contributed by atoms with Crippen LogP contribution in [0.15, 0.2) is 24.8 Å². The van der Waals surface area contributed by atoms with Crippen molar-refractivity contribution in [2.24, 2.45) is 35.0 Å². The Balaban J connectivity index is 1.93. The predicted octanol–water partition coefficient (Wildman–Crippen LogP) is 2.81. The van der Waals surface area contributed by atoms with E-state index in [0.717, 1.165) is 6.42 Å².